The minimum Gasteiger partial charge on any atom is -0.494 e. The summed E-state index contributed by atoms with van der Waals surface area (Å²) < 4.78 is 63.1. The van der Waals surface area contributed by atoms with Crippen LogP contribution in [-0.2, 0) is 0 Å². The normalized spacial score (nSPS) is 19.2. The second-order valence-corrected chi connectivity index (χ2v) is 8.91. The van der Waals surface area contributed by atoms with E-state index in [1.165, 1.54) is 46.9 Å². The van der Waals surface area contributed by atoms with E-state index in [1.54, 1.807) is 19.1 Å². The number of ether oxygens (including phenoxy) is 1. The van der Waals surface area contributed by atoms with Crippen LogP contribution in [0.25, 0.3) is 28.1 Å². The van der Waals surface area contributed by atoms with Crippen molar-refractivity contribution in [1.82, 2.24) is 24.5 Å². The van der Waals surface area contributed by atoms with Crippen LogP contribution in [0.15, 0.2) is 42.6 Å². The summed E-state index contributed by atoms with van der Waals surface area (Å²) in [6, 6.07) is 6.91. The van der Waals surface area contributed by atoms with Crippen molar-refractivity contribution in [3.8, 4) is 17.3 Å². The fourth-order valence-corrected chi connectivity index (χ4v) is 4.54. The molecule has 1 aromatic carbocycles. The molecule has 4 aromatic rings. The molecule has 0 bridgehead atoms. The van der Waals surface area contributed by atoms with Gasteiger partial charge in [0.25, 0.3) is 0 Å². The molecular formula is C23H24Cl2F4N6O. The van der Waals surface area contributed by atoms with Crippen LogP contribution in [0.5, 0.6) is 5.75 Å². The lowest BCUT2D eigenvalue weighted by molar-refractivity contribution is -0.184. The summed E-state index contributed by atoms with van der Waals surface area (Å²) in [7, 11) is 1.41. The predicted octanol–water partition coefficient (Wildman–Crippen LogP) is 4.96. The molecule has 4 heterocycles. The van der Waals surface area contributed by atoms with E-state index in [1.807, 2.05) is 0 Å². The number of hydrogen-bond acceptors (Lipinski definition) is 6. The summed E-state index contributed by atoms with van der Waals surface area (Å²) in [6.07, 6.45) is -2.63. The Morgan fingerprint density at radius 3 is 2.50 bits per heavy atom. The monoisotopic (exact) mass is 546 g/mol. The van der Waals surface area contributed by atoms with Crippen LogP contribution >= 0.6 is 24.8 Å². The molecule has 0 saturated carbocycles. The number of aromatic nitrogens is 4. The molecular weight excluding hydrogens is 523 g/mol. The molecule has 1 saturated heterocycles. The van der Waals surface area contributed by atoms with Gasteiger partial charge in [0.15, 0.2) is 11.5 Å². The van der Waals surface area contributed by atoms with Crippen LogP contribution in [0, 0.1) is 5.82 Å². The molecule has 0 amide bonds. The molecule has 0 radical (unpaired) electrons. The predicted molar refractivity (Wildman–Crippen MR) is 132 cm³/mol. The number of hydrogen-bond donors (Lipinski definition) is 1. The Labute approximate surface area is 216 Å². The summed E-state index contributed by atoms with van der Waals surface area (Å²) in [4.78, 5) is 5.90. The quantitative estimate of drug-likeness (QED) is 0.364. The van der Waals surface area contributed by atoms with E-state index in [0.29, 0.717) is 28.7 Å². The summed E-state index contributed by atoms with van der Waals surface area (Å²) in [6.45, 7) is 2.13. The number of likely N-dealkylation sites (tertiary alicyclic amines) is 1. The highest BCUT2D eigenvalue weighted by Crippen LogP contribution is 2.41. The van der Waals surface area contributed by atoms with Crippen LogP contribution in [-0.4, -0.2) is 56.4 Å². The molecule has 7 nitrogen and oxygen atoms in total. The van der Waals surface area contributed by atoms with E-state index in [4.69, 9.17) is 10.5 Å². The van der Waals surface area contributed by atoms with Crippen molar-refractivity contribution in [2.45, 2.75) is 31.1 Å². The molecule has 0 spiro atoms. The van der Waals surface area contributed by atoms with Crippen molar-refractivity contribution in [2.24, 2.45) is 5.73 Å². The largest absolute Gasteiger partial charge is 0.494 e. The van der Waals surface area contributed by atoms with Crippen molar-refractivity contribution in [3.05, 3.63) is 54.0 Å². The zero-order valence-electron chi connectivity index (χ0n) is 19.3. The first kappa shape index (κ1) is 27.9. The number of fused-ring (bicyclic) bond motifs is 2. The van der Waals surface area contributed by atoms with Gasteiger partial charge in [0.1, 0.15) is 28.8 Å². The van der Waals surface area contributed by atoms with E-state index >= 15 is 0 Å². The van der Waals surface area contributed by atoms with Crippen molar-refractivity contribution in [3.63, 3.8) is 0 Å². The first-order chi connectivity index (χ1) is 16.1. The molecule has 1 aliphatic heterocycles. The van der Waals surface area contributed by atoms with Gasteiger partial charge in [0.2, 0.25) is 0 Å². The maximum atomic E-state index is 14.2. The number of halogens is 6. The third-order valence-electron chi connectivity index (χ3n) is 6.12. The molecule has 0 unspecified atom stereocenters. The van der Waals surface area contributed by atoms with Gasteiger partial charge >= 0.3 is 6.18 Å². The zero-order valence-corrected chi connectivity index (χ0v) is 20.9. The summed E-state index contributed by atoms with van der Waals surface area (Å²) in [5, 5.41) is 8.75. The number of benzene rings is 1. The van der Waals surface area contributed by atoms with Crippen LogP contribution < -0.4 is 10.5 Å². The third kappa shape index (κ3) is 5.06. The van der Waals surface area contributed by atoms with E-state index < -0.39 is 23.6 Å². The van der Waals surface area contributed by atoms with Crippen LogP contribution in [0.2, 0.25) is 0 Å². The molecule has 13 heteroatoms. The third-order valence-corrected chi connectivity index (χ3v) is 6.12. The van der Waals surface area contributed by atoms with E-state index in [9.17, 15) is 17.6 Å². The number of pyridine rings is 2. The van der Waals surface area contributed by atoms with Gasteiger partial charge < -0.3 is 10.5 Å². The molecule has 0 aliphatic carbocycles. The van der Waals surface area contributed by atoms with Crippen LogP contribution in [0.4, 0.5) is 17.6 Å². The van der Waals surface area contributed by atoms with Crippen molar-refractivity contribution >= 4 is 41.4 Å². The molecule has 194 valence electrons. The zero-order chi connectivity index (χ0) is 24.3. The van der Waals surface area contributed by atoms with Gasteiger partial charge in [-0.15, -0.1) is 35.0 Å². The smallest absolute Gasteiger partial charge is 0.408 e. The van der Waals surface area contributed by atoms with Crippen molar-refractivity contribution < 1.29 is 22.3 Å². The average Bonchev–Trinajstić information content (AvgIpc) is 3.34. The maximum Gasteiger partial charge on any atom is 0.408 e. The Balaban J connectivity index is 0.00000180. The number of rotatable bonds is 4. The highest BCUT2D eigenvalue weighted by atomic mass is 35.5. The Hall–Kier alpha value is -2.73. The first-order valence-corrected chi connectivity index (χ1v) is 10.6. The summed E-state index contributed by atoms with van der Waals surface area (Å²) in [5.74, 6) is 0.0312. The fourth-order valence-electron chi connectivity index (χ4n) is 4.54. The first-order valence-electron chi connectivity index (χ1n) is 10.6. The lowest BCUT2D eigenvalue weighted by Crippen LogP contribution is -2.43. The van der Waals surface area contributed by atoms with E-state index in [0.717, 1.165) is 0 Å². The SMILES string of the molecule is COc1cc(F)cc2ccc(-c3nnc4ccc([C@@H](N5CC[C@@](C)(N)C5)C(F)(F)F)cn34)nc12.Cl.Cl. The van der Waals surface area contributed by atoms with E-state index in [2.05, 4.69) is 15.2 Å². The van der Waals surface area contributed by atoms with Gasteiger partial charge in [-0.2, -0.15) is 13.2 Å². The molecule has 5 rings (SSSR count). The van der Waals surface area contributed by atoms with Crippen molar-refractivity contribution in [1.29, 1.82) is 0 Å². The Bertz CT molecular complexity index is 1390. The van der Waals surface area contributed by atoms with E-state index in [-0.39, 0.29) is 55.0 Å². The molecule has 3 aromatic heterocycles. The second kappa shape index (κ2) is 9.97. The molecule has 2 N–H and O–H groups in total. The lowest BCUT2D eigenvalue weighted by Gasteiger charge is -2.31. The summed E-state index contributed by atoms with van der Waals surface area (Å²) in [5.41, 5.74) is 6.62. The van der Waals surface area contributed by atoms with Crippen LogP contribution in [0.1, 0.15) is 24.9 Å². The van der Waals surface area contributed by atoms with Gasteiger partial charge in [-0.25, -0.2) is 9.37 Å². The topological polar surface area (TPSA) is 81.6 Å². The Morgan fingerprint density at radius 1 is 1.11 bits per heavy atom. The van der Waals surface area contributed by atoms with Gasteiger partial charge in [-0.05, 0) is 37.1 Å². The minimum absolute atomic E-state index is 0. The minimum atomic E-state index is -4.50. The van der Waals surface area contributed by atoms with Crippen LogP contribution in [0.3, 0.4) is 0 Å². The molecule has 2 atom stereocenters. The fraction of sp³-hybridized carbons (Fsp3) is 0.348. The number of methoxy groups -OCH3 is 1. The maximum absolute atomic E-state index is 14.2. The highest BCUT2D eigenvalue weighted by molar-refractivity contribution is 5.86. The number of nitrogens with zero attached hydrogens (tertiary/aromatic N) is 5. The van der Waals surface area contributed by atoms with Gasteiger partial charge in [-0.3, -0.25) is 9.30 Å². The Morgan fingerprint density at radius 2 is 1.86 bits per heavy atom. The van der Waals surface area contributed by atoms with Crippen molar-refractivity contribution in [2.75, 3.05) is 20.2 Å². The van der Waals surface area contributed by atoms with Gasteiger partial charge in [0, 0.05) is 36.3 Å². The molecule has 1 fully saturated rings. The number of nitrogens with two attached hydrogens (primary N) is 1. The van der Waals surface area contributed by atoms with Gasteiger partial charge in [-0.1, -0.05) is 12.1 Å². The summed E-state index contributed by atoms with van der Waals surface area (Å²) >= 11 is 0. The lowest BCUT2D eigenvalue weighted by atomic mass is 10.0. The standard InChI is InChI=1S/C23H22F4N6O.2ClH/c1-22(28)7-8-32(12-22)20(23(25,26)27)14-4-6-18-30-31-21(33(18)11-14)16-5-3-13-9-15(24)10-17(34-2)19(13)29-16;;/h3-6,9-11,20H,7-8,12,28H2,1-2H3;2*1H/t20-,22-;;/m1../s1. The highest BCUT2D eigenvalue weighted by Gasteiger charge is 2.48. The van der Waals surface area contributed by atoms with Gasteiger partial charge in [0.05, 0.1) is 7.11 Å². The number of alkyl halides is 3. The molecule has 1 aliphatic rings. The average molecular weight is 547 g/mol. The second-order valence-electron chi connectivity index (χ2n) is 8.91. The molecule has 36 heavy (non-hydrogen) atoms. The Kier molecular flexibility index (Phi) is 7.71.